The van der Waals surface area contributed by atoms with Crippen molar-refractivity contribution in [3.8, 4) is 17.7 Å². The van der Waals surface area contributed by atoms with Gasteiger partial charge in [-0.25, -0.2) is 9.37 Å². The second-order valence-electron chi connectivity index (χ2n) is 3.11. The van der Waals surface area contributed by atoms with Gasteiger partial charge in [0.25, 0.3) is 0 Å². The number of nitrogens with zero attached hydrogens (tertiary/aromatic N) is 3. The summed E-state index contributed by atoms with van der Waals surface area (Å²) < 4.78 is 18.6. The van der Waals surface area contributed by atoms with Crippen LogP contribution in [0.4, 0.5) is 10.3 Å². The maximum absolute atomic E-state index is 13.5. The van der Waals surface area contributed by atoms with Crippen LogP contribution in [-0.2, 0) is 0 Å². The van der Waals surface area contributed by atoms with E-state index in [9.17, 15) is 4.39 Å². The second-order valence-corrected chi connectivity index (χ2v) is 3.11. The van der Waals surface area contributed by atoms with Crippen LogP contribution < -0.4 is 10.5 Å². The van der Waals surface area contributed by atoms with Crippen LogP contribution in [0.5, 0.6) is 11.6 Å². The smallest absolute Gasteiger partial charge is 0.224 e. The van der Waals surface area contributed by atoms with Gasteiger partial charge in [0.2, 0.25) is 11.8 Å². The Balaban J connectivity index is 2.28. The Labute approximate surface area is 96.3 Å². The summed E-state index contributed by atoms with van der Waals surface area (Å²) in [5, 5.41) is 8.58. The predicted octanol–water partition coefficient (Wildman–Crippen LogP) is 1.86. The van der Waals surface area contributed by atoms with Crippen molar-refractivity contribution in [2.24, 2.45) is 0 Å². The summed E-state index contributed by atoms with van der Waals surface area (Å²) in [6, 6.07) is 7.16. The van der Waals surface area contributed by atoms with Crippen molar-refractivity contribution >= 4 is 5.95 Å². The Morgan fingerprint density at radius 3 is 2.82 bits per heavy atom. The SMILES string of the molecule is N#Cc1ccc(Oc2ccnc(N)n2)c(F)c1. The Morgan fingerprint density at radius 1 is 1.35 bits per heavy atom. The Hall–Kier alpha value is -2.68. The van der Waals surface area contributed by atoms with Gasteiger partial charge >= 0.3 is 0 Å². The number of anilines is 1. The van der Waals surface area contributed by atoms with E-state index in [0.717, 1.165) is 6.07 Å². The molecule has 0 atom stereocenters. The summed E-state index contributed by atoms with van der Waals surface area (Å²) in [4.78, 5) is 7.45. The van der Waals surface area contributed by atoms with Gasteiger partial charge in [0, 0.05) is 12.3 Å². The average Bonchev–Trinajstić information content (AvgIpc) is 2.32. The van der Waals surface area contributed by atoms with Gasteiger partial charge in [-0.3, -0.25) is 0 Å². The highest BCUT2D eigenvalue weighted by atomic mass is 19.1. The number of rotatable bonds is 2. The molecular formula is C11H7FN4O. The fraction of sp³-hybridized carbons (Fsp3) is 0. The van der Waals surface area contributed by atoms with Crippen LogP contribution in [0.1, 0.15) is 5.56 Å². The minimum absolute atomic E-state index is 0.0258. The lowest BCUT2D eigenvalue weighted by Crippen LogP contribution is -1.97. The van der Waals surface area contributed by atoms with E-state index < -0.39 is 5.82 Å². The predicted molar refractivity (Wildman–Crippen MR) is 57.6 cm³/mol. The number of ether oxygens (including phenoxy) is 1. The van der Waals surface area contributed by atoms with E-state index in [2.05, 4.69) is 9.97 Å². The molecule has 0 bridgehead atoms. The van der Waals surface area contributed by atoms with Gasteiger partial charge in [0.1, 0.15) is 0 Å². The Bertz CT molecular complexity index is 594. The van der Waals surface area contributed by atoms with Gasteiger partial charge in [0.15, 0.2) is 11.6 Å². The van der Waals surface area contributed by atoms with Crippen LogP contribution in [0.15, 0.2) is 30.5 Å². The molecule has 0 unspecified atom stereocenters. The fourth-order valence-electron chi connectivity index (χ4n) is 1.18. The molecule has 84 valence electrons. The standard InChI is InChI=1S/C11H7FN4O/c12-8-5-7(6-13)1-2-9(8)17-10-3-4-15-11(14)16-10/h1-5H,(H2,14,15,16). The van der Waals surface area contributed by atoms with Gasteiger partial charge in [-0.2, -0.15) is 10.2 Å². The molecule has 0 aliphatic carbocycles. The molecule has 17 heavy (non-hydrogen) atoms. The lowest BCUT2D eigenvalue weighted by Gasteiger charge is -2.05. The number of aromatic nitrogens is 2. The zero-order valence-electron chi connectivity index (χ0n) is 8.59. The molecule has 2 aromatic rings. The van der Waals surface area contributed by atoms with Gasteiger partial charge in [-0.1, -0.05) is 0 Å². The van der Waals surface area contributed by atoms with E-state index in [0.29, 0.717) is 0 Å². The maximum atomic E-state index is 13.5. The number of hydrogen-bond acceptors (Lipinski definition) is 5. The van der Waals surface area contributed by atoms with Crippen molar-refractivity contribution in [3.05, 3.63) is 41.8 Å². The second kappa shape index (κ2) is 4.45. The zero-order valence-corrected chi connectivity index (χ0v) is 8.59. The van der Waals surface area contributed by atoms with Crippen molar-refractivity contribution in [3.63, 3.8) is 0 Å². The van der Waals surface area contributed by atoms with Crippen LogP contribution >= 0.6 is 0 Å². The van der Waals surface area contributed by atoms with Gasteiger partial charge in [-0.05, 0) is 18.2 Å². The van der Waals surface area contributed by atoms with Crippen LogP contribution in [0, 0.1) is 17.1 Å². The highest BCUT2D eigenvalue weighted by Gasteiger charge is 2.07. The molecule has 5 nitrogen and oxygen atoms in total. The lowest BCUT2D eigenvalue weighted by atomic mass is 10.2. The number of nitrogens with two attached hydrogens (primary N) is 1. The van der Waals surface area contributed by atoms with Crippen LogP contribution in [-0.4, -0.2) is 9.97 Å². The monoisotopic (exact) mass is 230 g/mol. The van der Waals surface area contributed by atoms with E-state index in [1.54, 1.807) is 0 Å². The first-order valence-electron chi connectivity index (χ1n) is 4.65. The number of halogens is 1. The minimum Gasteiger partial charge on any atom is -0.436 e. The Morgan fingerprint density at radius 2 is 2.18 bits per heavy atom. The molecule has 0 amide bonds. The van der Waals surface area contributed by atoms with Gasteiger partial charge < -0.3 is 10.5 Å². The van der Waals surface area contributed by atoms with E-state index in [-0.39, 0.29) is 23.1 Å². The first-order chi connectivity index (χ1) is 8.19. The summed E-state index contributed by atoms with van der Waals surface area (Å²) in [5.41, 5.74) is 5.58. The number of nitrogen functional groups attached to an aromatic ring is 1. The lowest BCUT2D eigenvalue weighted by molar-refractivity contribution is 0.427. The van der Waals surface area contributed by atoms with Crippen LogP contribution in [0.3, 0.4) is 0 Å². The maximum Gasteiger partial charge on any atom is 0.224 e. The molecule has 0 aliphatic heterocycles. The molecule has 0 radical (unpaired) electrons. The molecule has 0 aliphatic rings. The third-order valence-electron chi connectivity index (χ3n) is 1.92. The van der Waals surface area contributed by atoms with E-state index >= 15 is 0 Å². The average molecular weight is 230 g/mol. The summed E-state index contributed by atoms with van der Waals surface area (Å²) in [7, 11) is 0. The van der Waals surface area contributed by atoms with Crippen molar-refractivity contribution < 1.29 is 9.13 Å². The van der Waals surface area contributed by atoms with Crippen molar-refractivity contribution in [1.82, 2.24) is 9.97 Å². The summed E-state index contributed by atoms with van der Waals surface area (Å²) >= 11 is 0. The first-order valence-corrected chi connectivity index (χ1v) is 4.65. The molecule has 1 heterocycles. The Kier molecular flexibility index (Phi) is 2.83. The number of benzene rings is 1. The van der Waals surface area contributed by atoms with E-state index in [1.807, 2.05) is 6.07 Å². The van der Waals surface area contributed by atoms with Crippen molar-refractivity contribution in [1.29, 1.82) is 5.26 Å². The molecule has 0 spiro atoms. The third kappa shape index (κ3) is 2.46. The minimum atomic E-state index is -0.638. The third-order valence-corrected chi connectivity index (χ3v) is 1.92. The number of hydrogen-bond donors (Lipinski definition) is 1. The molecule has 0 saturated carbocycles. The molecule has 0 saturated heterocycles. The topological polar surface area (TPSA) is 84.8 Å². The van der Waals surface area contributed by atoms with Crippen molar-refractivity contribution in [2.45, 2.75) is 0 Å². The normalized spacial score (nSPS) is 9.65. The summed E-state index contributed by atoms with van der Waals surface area (Å²) in [5.74, 6) is -0.485. The summed E-state index contributed by atoms with van der Waals surface area (Å²) in [6.45, 7) is 0. The molecular weight excluding hydrogens is 223 g/mol. The number of nitriles is 1. The van der Waals surface area contributed by atoms with E-state index in [4.69, 9.17) is 15.7 Å². The molecule has 2 rings (SSSR count). The molecule has 6 heteroatoms. The summed E-state index contributed by atoms with van der Waals surface area (Å²) in [6.07, 6.45) is 1.40. The molecule has 1 aromatic carbocycles. The zero-order chi connectivity index (χ0) is 12.3. The van der Waals surface area contributed by atoms with Crippen LogP contribution in [0.25, 0.3) is 0 Å². The molecule has 1 aromatic heterocycles. The van der Waals surface area contributed by atoms with Gasteiger partial charge in [-0.15, -0.1) is 0 Å². The fourth-order valence-corrected chi connectivity index (χ4v) is 1.18. The highest BCUT2D eigenvalue weighted by molar-refractivity contribution is 5.37. The highest BCUT2D eigenvalue weighted by Crippen LogP contribution is 2.23. The molecule has 2 N–H and O–H groups in total. The van der Waals surface area contributed by atoms with E-state index in [1.165, 1.54) is 24.4 Å². The molecule has 0 fully saturated rings. The first kappa shape index (κ1) is 10.8. The van der Waals surface area contributed by atoms with Crippen molar-refractivity contribution in [2.75, 3.05) is 5.73 Å². The largest absolute Gasteiger partial charge is 0.436 e. The van der Waals surface area contributed by atoms with Crippen LogP contribution in [0.2, 0.25) is 0 Å². The van der Waals surface area contributed by atoms with Gasteiger partial charge in [0.05, 0.1) is 11.6 Å². The quantitative estimate of drug-likeness (QED) is 0.851.